The van der Waals surface area contributed by atoms with Crippen LogP contribution in [-0.4, -0.2) is 0 Å². The lowest BCUT2D eigenvalue weighted by Gasteiger charge is -2.16. The van der Waals surface area contributed by atoms with Gasteiger partial charge in [-0.05, 0) is 60.4 Å². The minimum Gasteiger partial charge on any atom is -0.324 e. The van der Waals surface area contributed by atoms with Crippen LogP contribution in [0.3, 0.4) is 0 Å². The molecular formula is C15H14BrClFN. The van der Waals surface area contributed by atoms with E-state index in [9.17, 15) is 4.39 Å². The van der Waals surface area contributed by atoms with E-state index in [1.54, 1.807) is 6.07 Å². The third-order valence-electron chi connectivity index (χ3n) is 3.08. The van der Waals surface area contributed by atoms with Gasteiger partial charge in [0.05, 0.1) is 0 Å². The van der Waals surface area contributed by atoms with Crippen molar-refractivity contribution in [1.82, 2.24) is 0 Å². The molecule has 0 fully saturated rings. The van der Waals surface area contributed by atoms with Crippen LogP contribution in [0.5, 0.6) is 0 Å². The molecule has 0 aromatic heterocycles. The molecule has 1 unspecified atom stereocenters. The van der Waals surface area contributed by atoms with E-state index in [0.717, 1.165) is 21.2 Å². The van der Waals surface area contributed by atoms with Gasteiger partial charge in [-0.1, -0.05) is 33.6 Å². The molecule has 0 bridgehead atoms. The van der Waals surface area contributed by atoms with Crippen LogP contribution < -0.4 is 5.73 Å². The van der Waals surface area contributed by atoms with Crippen molar-refractivity contribution in [2.75, 3.05) is 0 Å². The number of hydrogen-bond acceptors (Lipinski definition) is 1. The molecule has 0 amide bonds. The summed E-state index contributed by atoms with van der Waals surface area (Å²) in [5, 5.41) is 0.695. The molecule has 0 heterocycles. The van der Waals surface area contributed by atoms with Crippen molar-refractivity contribution in [2.24, 2.45) is 5.73 Å². The average molecular weight is 343 g/mol. The van der Waals surface area contributed by atoms with Crippen LogP contribution in [0.4, 0.5) is 4.39 Å². The highest BCUT2D eigenvalue weighted by atomic mass is 79.9. The molecule has 2 rings (SSSR count). The number of nitrogens with two attached hydrogens (primary N) is 1. The molecule has 0 aliphatic carbocycles. The van der Waals surface area contributed by atoms with Crippen LogP contribution in [0, 0.1) is 12.7 Å². The standard InChI is InChI=1S/C15H14BrClFN/c1-9-6-11(17)2-4-13(9)15(19)8-10-7-12(18)3-5-14(10)16/h2-7,15H,8,19H2,1H3. The summed E-state index contributed by atoms with van der Waals surface area (Å²) in [6.45, 7) is 1.97. The predicted molar refractivity (Wildman–Crippen MR) is 80.9 cm³/mol. The SMILES string of the molecule is Cc1cc(Cl)ccc1C(N)Cc1cc(F)ccc1Br. The summed E-state index contributed by atoms with van der Waals surface area (Å²) in [4.78, 5) is 0. The summed E-state index contributed by atoms with van der Waals surface area (Å²) in [5.41, 5.74) is 9.15. The second kappa shape index (κ2) is 6.04. The first-order valence-corrected chi connectivity index (χ1v) is 7.10. The zero-order chi connectivity index (χ0) is 14.0. The molecule has 1 atom stereocenters. The van der Waals surface area contributed by atoms with Gasteiger partial charge in [0.15, 0.2) is 0 Å². The molecule has 4 heteroatoms. The molecule has 0 aliphatic heterocycles. The maximum absolute atomic E-state index is 13.3. The first kappa shape index (κ1) is 14.5. The molecule has 0 aliphatic rings. The number of halogens is 3. The van der Waals surface area contributed by atoms with E-state index in [4.69, 9.17) is 17.3 Å². The predicted octanol–water partition coefficient (Wildman–Crippen LogP) is 4.79. The first-order chi connectivity index (χ1) is 8.97. The summed E-state index contributed by atoms with van der Waals surface area (Å²) in [5.74, 6) is -0.252. The van der Waals surface area contributed by atoms with E-state index >= 15 is 0 Å². The lowest BCUT2D eigenvalue weighted by atomic mass is 9.96. The first-order valence-electron chi connectivity index (χ1n) is 5.93. The van der Waals surface area contributed by atoms with E-state index in [0.29, 0.717) is 11.4 Å². The molecule has 0 saturated carbocycles. The maximum Gasteiger partial charge on any atom is 0.123 e. The van der Waals surface area contributed by atoms with Gasteiger partial charge in [0.1, 0.15) is 5.82 Å². The van der Waals surface area contributed by atoms with Crippen LogP contribution in [0.15, 0.2) is 40.9 Å². The topological polar surface area (TPSA) is 26.0 Å². The average Bonchev–Trinajstić information content (AvgIpc) is 2.33. The fraction of sp³-hybridized carbons (Fsp3) is 0.200. The molecule has 1 nitrogen and oxygen atoms in total. The highest BCUT2D eigenvalue weighted by Gasteiger charge is 2.12. The number of rotatable bonds is 3. The van der Waals surface area contributed by atoms with Crippen LogP contribution in [-0.2, 0) is 6.42 Å². The van der Waals surface area contributed by atoms with Crippen molar-refractivity contribution >= 4 is 27.5 Å². The Hall–Kier alpha value is -0.900. The number of aryl methyl sites for hydroxylation is 1. The van der Waals surface area contributed by atoms with Gasteiger partial charge in [-0.2, -0.15) is 0 Å². The Morgan fingerprint density at radius 3 is 2.68 bits per heavy atom. The molecule has 0 saturated heterocycles. The lowest BCUT2D eigenvalue weighted by molar-refractivity contribution is 0.621. The van der Waals surface area contributed by atoms with Gasteiger partial charge >= 0.3 is 0 Å². The Kier molecular flexibility index (Phi) is 4.61. The molecule has 100 valence electrons. The van der Waals surface area contributed by atoms with Crippen molar-refractivity contribution < 1.29 is 4.39 Å². The van der Waals surface area contributed by atoms with Gasteiger partial charge < -0.3 is 5.73 Å². The van der Waals surface area contributed by atoms with Crippen LogP contribution in [0.2, 0.25) is 5.02 Å². The summed E-state index contributed by atoms with van der Waals surface area (Å²) < 4.78 is 14.1. The van der Waals surface area contributed by atoms with Gasteiger partial charge in [0, 0.05) is 15.5 Å². The minimum absolute atomic E-state index is 0.185. The highest BCUT2D eigenvalue weighted by molar-refractivity contribution is 9.10. The van der Waals surface area contributed by atoms with Crippen molar-refractivity contribution in [1.29, 1.82) is 0 Å². The van der Waals surface area contributed by atoms with E-state index in [2.05, 4.69) is 15.9 Å². The van der Waals surface area contributed by atoms with E-state index in [-0.39, 0.29) is 11.9 Å². The Morgan fingerprint density at radius 1 is 1.26 bits per heavy atom. The second-order valence-electron chi connectivity index (χ2n) is 4.55. The number of hydrogen-bond donors (Lipinski definition) is 1. The Bertz CT molecular complexity index is 601. The molecular weight excluding hydrogens is 329 g/mol. The maximum atomic E-state index is 13.3. The monoisotopic (exact) mass is 341 g/mol. The summed E-state index contributed by atoms with van der Waals surface area (Å²) in [6.07, 6.45) is 0.570. The minimum atomic E-state index is -0.252. The Morgan fingerprint density at radius 2 is 2.00 bits per heavy atom. The van der Waals surface area contributed by atoms with Gasteiger partial charge in [-0.25, -0.2) is 4.39 Å². The Labute approximate surface area is 125 Å². The van der Waals surface area contributed by atoms with E-state index in [1.807, 2.05) is 25.1 Å². The highest BCUT2D eigenvalue weighted by Crippen LogP contribution is 2.26. The summed E-state index contributed by atoms with van der Waals surface area (Å²) >= 11 is 9.35. The molecule has 19 heavy (non-hydrogen) atoms. The van der Waals surface area contributed by atoms with Gasteiger partial charge in [-0.15, -0.1) is 0 Å². The number of benzene rings is 2. The fourth-order valence-electron chi connectivity index (χ4n) is 2.10. The smallest absolute Gasteiger partial charge is 0.123 e. The fourth-order valence-corrected chi connectivity index (χ4v) is 2.74. The largest absolute Gasteiger partial charge is 0.324 e. The quantitative estimate of drug-likeness (QED) is 0.852. The Balaban J connectivity index is 2.25. The van der Waals surface area contributed by atoms with E-state index in [1.165, 1.54) is 12.1 Å². The summed E-state index contributed by atoms with van der Waals surface area (Å²) in [7, 11) is 0. The normalized spacial score (nSPS) is 12.5. The van der Waals surface area contributed by atoms with Gasteiger partial charge in [0.2, 0.25) is 0 Å². The van der Waals surface area contributed by atoms with Crippen molar-refractivity contribution in [3.8, 4) is 0 Å². The second-order valence-corrected chi connectivity index (χ2v) is 5.84. The van der Waals surface area contributed by atoms with Crippen molar-refractivity contribution in [3.05, 3.63) is 68.4 Å². The van der Waals surface area contributed by atoms with Crippen molar-refractivity contribution in [3.63, 3.8) is 0 Å². The molecule has 0 radical (unpaired) electrons. The van der Waals surface area contributed by atoms with Crippen molar-refractivity contribution in [2.45, 2.75) is 19.4 Å². The lowest BCUT2D eigenvalue weighted by Crippen LogP contribution is -2.15. The van der Waals surface area contributed by atoms with Gasteiger partial charge in [-0.3, -0.25) is 0 Å². The van der Waals surface area contributed by atoms with E-state index < -0.39 is 0 Å². The molecule has 0 spiro atoms. The summed E-state index contributed by atoms with van der Waals surface area (Å²) in [6, 6.07) is 10.1. The molecule has 2 aromatic carbocycles. The van der Waals surface area contributed by atoms with Crippen LogP contribution in [0.25, 0.3) is 0 Å². The van der Waals surface area contributed by atoms with Crippen LogP contribution >= 0.6 is 27.5 Å². The third kappa shape index (κ3) is 3.56. The third-order valence-corrected chi connectivity index (χ3v) is 4.09. The zero-order valence-electron chi connectivity index (χ0n) is 10.5. The van der Waals surface area contributed by atoms with Gasteiger partial charge in [0.25, 0.3) is 0 Å². The molecule has 2 N–H and O–H groups in total. The zero-order valence-corrected chi connectivity index (χ0v) is 12.8. The molecule has 2 aromatic rings. The van der Waals surface area contributed by atoms with Crippen LogP contribution in [0.1, 0.15) is 22.7 Å².